The number of fused-ring (bicyclic) bond motifs is 8. The van der Waals surface area contributed by atoms with E-state index in [1.54, 1.807) is 0 Å². The molecule has 0 unspecified atom stereocenters. The molecule has 0 aliphatic carbocycles. The number of benzene rings is 9. The van der Waals surface area contributed by atoms with Crippen LogP contribution in [0.3, 0.4) is 0 Å². The van der Waals surface area contributed by atoms with E-state index >= 15 is 0 Å². The lowest BCUT2D eigenvalue weighted by Crippen LogP contribution is -2.68. The third-order valence-electron chi connectivity index (χ3n) is 15.3. The predicted octanol–water partition coefficient (Wildman–Crippen LogP) is 12.9. The average molecular weight is 908 g/mol. The van der Waals surface area contributed by atoms with Gasteiger partial charge in [0.1, 0.15) is 23.0 Å². The van der Waals surface area contributed by atoms with Gasteiger partial charge in [0, 0.05) is 62.3 Å². The van der Waals surface area contributed by atoms with Crippen LogP contribution in [0.1, 0.15) is 11.5 Å². The molecule has 71 heavy (non-hydrogen) atoms. The molecule has 15 rings (SSSR count). The normalized spacial score (nSPS) is 13.4. The van der Waals surface area contributed by atoms with Crippen LogP contribution < -0.4 is 47.5 Å². The third kappa shape index (κ3) is 5.96. The second kappa shape index (κ2) is 15.3. The minimum atomic E-state index is -0.0115. The molecule has 0 fully saturated rings. The van der Waals surface area contributed by atoms with Crippen molar-refractivity contribution in [3.05, 3.63) is 236 Å². The van der Waals surface area contributed by atoms with Crippen molar-refractivity contribution in [3.63, 3.8) is 0 Å². The van der Waals surface area contributed by atoms with Crippen LogP contribution in [0.5, 0.6) is 0 Å². The molecule has 0 amide bonds. The van der Waals surface area contributed by atoms with Crippen molar-refractivity contribution >= 4 is 97.4 Å². The first-order chi connectivity index (χ1) is 35.0. The second-order valence-electron chi connectivity index (χ2n) is 19.3. The van der Waals surface area contributed by atoms with Crippen LogP contribution in [0, 0.1) is 13.8 Å². The van der Waals surface area contributed by atoms with E-state index in [2.05, 4.69) is 221 Å². The van der Waals surface area contributed by atoms with E-state index in [4.69, 9.17) is 8.83 Å². The van der Waals surface area contributed by atoms with Crippen molar-refractivity contribution in [1.29, 1.82) is 0 Å². The zero-order valence-corrected chi connectivity index (χ0v) is 39.2. The molecule has 0 bridgehead atoms. The Labute approximate surface area is 413 Å². The number of para-hydroxylation sites is 4. The van der Waals surface area contributed by atoms with E-state index in [1.165, 1.54) is 78.2 Å². The zero-order chi connectivity index (χ0) is 46.9. The Morgan fingerprint density at radius 1 is 0.296 bits per heavy atom. The van der Waals surface area contributed by atoms with Crippen molar-refractivity contribution in [2.75, 3.05) is 14.7 Å². The summed E-state index contributed by atoms with van der Waals surface area (Å²) in [6.45, 7) is 3.98. The number of nitrogens with zero attached hydrogens (tertiary/aromatic N) is 3. The summed E-state index contributed by atoms with van der Waals surface area (Å²) in [5, 5.41) is 0. The van der Waals surface area contributed by atoms with Crippen LogP contribution in [-0.4, -0.2) is 13.4 Å². The van der Waals surface area contributed by atoms with Crippen molar-refractivity contribution < 1.29 is 8.83 Å². The maximum atomic E-state index is 6.07. The molecule has 0 spiro atoms. The van der Waals surface area contributed by atoms with Crippen LogP contribution in [-0.2, 0) is 0 Å². The number of anilines is 9. The fourth-order valence-electron chi connectivity index (χ4n) is 12.2. The van der Waals surface area contributed by atoms with Crippen molar-refractivity contribution in [3.8, 4) is 44.9 Å². The summed E-state index contributed by atoms with van der Waals surface area (Å²) >= 11 is 0. The first-order valence-electron chi connectivity index (χ1n) is 24.6. The van der Waals surface area contributed by atoms with Gasteiger partial charge in [0.2, 0.25) is 0 Å². The summed E-state index contributed by atoms with van der Waals surface area (Å²) in [5.41, 5.74) is 25.4. The zero-order valence-electron chi connectivity index (χ0n) is 39.2. The van der Waals surface area contributed by atoms with Gasteiger partial charge in [-0.15, -0.1) is 0 Å². The molecule has 4 aliphatic rings. The van der Waals surface area contributed by atoms with Gasteiger partial charge in [0.15, 0.2) is 0 Å². The summed E-state index contributed by atoms with van der Waals surface area (Å²) in [6, 6.07) is 82.7. The quantitative estimate of drug-likeness (QED) is 0.155. The Morgan fingerprint density at radius 3 is 1.31 bits per heavy atom. The summed E-state index contributed by atoms with van der Waals surface area (Å²) in [7, 11) is 0. The summed E-state index contributed by atoms with van der Waals surface area (Å²) < 4.78 is 12.1. The maximum Gasteiger partial charge on any atom is 0.252 e. The largest absolute Gasteiger partial charge is 0.461 e. The second-order valence-corrected chi connectivity index (χ2v) is 19.3. The average Bonchev–Trinajstić information content (AvgIpc) is 4.08. The molecule has 9 aromatic carbocycles. The third-order valence-corrected chi connectivity index (χ3v) is 15.3. The van der Waals surface area contributed by atoms with Gasteiger partial charge in [0.05, 0.1) is 0 Å². The van der Waals surface area contributed by atoms with E-state index in [0.717, 1.165) is 62.2 Å². The van der Waals surface area contributed by atoms with Crippen molar-refractivity contribution in [2.45, 2.75) is 13.8 Å². The van der Waals surface area contributed by atoms with Crippen molar-refractivity contribution in [2.24, 2.45) is 0 Å². The molecular weight excluding hydrogens is 864 g/mol. The number of hydrogen-bond donors (Lipinski definition) is 0. The first kappa shape index (κ1) is 40.0. The van der Waals surface area contributed by atoms with E-state index in [1.807, 2.05) is 32.0 Å². The molecule has 0 N–H and O–H groups in total. The van der Waals surface area contributed by atoms with Crippen LogP contribution in [0.25, 0.3) is 44.9 Å². The Bertz CT molecular complexity index is 3940. The highest BCUT2D eigenvalue weighted by Gasteiger charge is 2.50. The van der Waals surface area contributed by atoms with Gasteiger partial charge in [-0.2, -0.15) is 0 Å². The van der Waals surface area contributed by atoms with E-state index in [0.29, 0.717) is 0 Å². The molecule has 7 heteroatoms. The molecule has 6 heterocycles. The monoisotopic (exact) mass is 907 g/mol. The Kier molecular flexibility index (Phi) is 8.61. The smallest absolute Gasteiger partial charge is 0.252 e. The summed E-state index contributed by atoms with van der Waals surface area (Å²) in [5.74, 6) is 3.58. The van der Waals surface area contributed by atoms with Crippen molar-refractivity contribution in [1.82, 2.24) is 0 Å². The fourth-order valence-corrected chi connectivity index (χ4v) is 12.2. The molecule has 11 aromatic rings. The molecule has 332 valence electrons. The predicted molar refractivity (Wildman–Crippen MR) is 296 cm³/mol. The van der Waals surface area contributed by atoms with Crippen LogP contribution in [0.15, 0.2) is 233 Å². The van der Waals surface area contributed by atoms with Gasteiger partial charge in [-0.25, -0.2) is 0 Å². The maximum absolute atomic E-state index is 6.07. The number of aryl methyl sites for hydroxylation is 2. The lowest BCUT2D eigenvalue weighted by atomic mass is 9.29. The molecule has 0 saturated carbocycles. The Balaban J connectivity index is 0.969. The topological polar surface area (TPSA) is 36.0 Å². The Hall–Kier alpha value is -8.93. The van der Waals surface area contributed by atoms with E-state index < -0.39 is 0 Å². The minimum absolute atomic E-state index is 0.00466. The summed E-state index contributed by atoms with van der Waals surface area (Å²) in [6.07, 6.45) is 0. The summed E-state index contributed by atoms with van der Waals surface area (Å²) in [4.78, 5) is 7.62. The van der Waals surface area contributed by atoms with Crippen LogP contribution >= 0.6 is 0 Å². The number of hydrogen-bond acceptors (Lipinski definition) is 5. The lowest BCUT2D eigenvalue weighted by Gasteiger charge is -2.49. The van der Waals surface area contributed by atoms with Crippen LogP contribution in [0.2, 0.25) is 0 Å². The molecular formula is C64H43B2N3O2. The number of furan rings is 2. The van der Waals surface area contributed by atoms with Crippen LogP contribution in [0.4, 0.5) is 51.2 Å². The Morgan fingerprint density at radius 2 is 0.718 bits per heavy atom. The number of rotatable bonds is 6. The molecule has 0 radical (unpaired) electrons. The molecule has 0 atom stereocenters. The highest BCUT2D eigenvalue weighted by atomic mass is 16.3. The fraction of sp³-hybridized carbons (Fsp3) is 0.0312. The molecule has 2 aromatic heterocycles. The van der Waals surface area contributed by atoms with Gasteiger partial charge < -0.3 is 23.5 Å². The van der Waals surface area contributed by atoms with Gasteiger partial charge in [-0.05, 0) is 154 Å². The highest BCUT2D eigenvalue weighted by Crippen LogP contribution is 2.49. The lowest BCUT2D eigenvalue weighted by molar-refractivity contribution is 0.548. The first-order valence-corrected chi connectivity index (χ1v) is 24.6. The van der Waals surface area contributed by atoms with E-state index in [-0.39, 0.29) is 13.4 Å². The van der Waals surface area contributed by atoms with Gasteiger partial charge in [-0.1, -0.05) is 140 Å². The molecule has 5 nitrogen and oxygen atoms in total. The van der Waals surface area contributed by atoms with Gasteiger partial charge in [-0.3, -0.25) is 0 Å². The van der Waals surface area contributed by atoms with E-state index in [9.17, 15) is 0 Å². The highest BCUT2D eigenvalue weighted by molar-refractivity contribution is 7.04. The SMILES string of the molecule is Cc1ccc(-c2ccc(-c3ccc4c(c3)N(c3ccccc3)c3cccc5c3B4c3cccc4c3N5c3cc(-c5ccc(-c6ccc(C)o6)cc5)cc5c3B4c3ccccc3N5c3ccccc3)cc2)o1. The van der Waals surface area contributed by atoms with Gasteiger partial charge >= 0.3 is 0 Å². The minimum Gasteiger partial charge on any atom is -0.461 e. The standard InChI is InChI=1S/C64H43B2N3O2/c1-40-23-35-60(70-40)44-29-25-42(26-30-44)46-33-34-51-57(37-46)68(49-15-7-4-8-16-49)55-21-12-22-56-62(55)66(51)53-19-11-18-52-64(53)69(56)59-39-47(43-27-31-45(32-28-43)61-36-24-41(2)71-61)38-58-63(59)65(52)50-17-9-10-20-54(50)67(58)48-13-5-3-6-14-48/h3-39H,1-2H3. The molecule has 0 saturated heterocycles. The molecule has 4 aliphatic heterocycles. The van der Waals surface area contributed by atoms with Gasteiger partial charge in [0.25, 0.3) is 13.4 Å².